The van der Waals surface area contributed by atoms with Crippen LogP contribution in [-0.4, -0.2) is 37.0 Å². The second kappa shape index (κ2) is 13.1. The SMILES string of the molecule is CCCCCCCCC1OC1CCC(C)CC1OC1CC(=O)OCC1CCCCC1. The lowest BCUT2D eigenvalue weighted by Gasteiger charge is -2.20. The molecule has 0 bridgehead atoms. The molecule has 2 aliphatic heterocycles. The number of unbranched alkanes of at least 4 members (excludes halogenated alkanes) is 5. The van der Waals surface area contributed by atoms with Crippen LogP contribution in [0.4, 0.5) is 0 Å². The Hall–Kier alpha value is -0.610. The molecule has 2 heterocycles. The molecule has 0 aromatic heterocycles. The van der Waals surface area contributed by atoms with Crippen molar-refractivity contribution in [1.82, 2.24) is 0 Å². The Bertz CT molecular complexity index is 487. The van der Waals surface area contributed by atoms with Gasteiger partial charge in [-0.25, -0.2) is 0 Å². The quantitative estimate of drug-likeness (QED) is 0.160. The van der Waals surface area contributed by atoms with Crippen molar-refractivity contribution < 1.29 is 19.0 Å². The Labute approximate surface area is 184 Å². The zero-order chi connectivity index (χ0) is 21.2. The highest BCUT2D eigenvalue weighted by Gasteiger charge is 2.42. The summed E-state index contributed by atoms with van der Waals surface area (Å²) in [4.78, 5) is 12.1. The number of carbonyl (C=O) groups is 1. The van der Waals surface area contributed by atoms with Crippen LogP contribution in [0.15, 0.2) is 0 Å². The summed E-state index contributed by atoms with van der Waals surface area (Å²) in [6.07, 6.45) is 21.1. The van der Waals surface area contributed by atoms with Gasteiger partial charge in [-0.2, -0.15) is 0 Å². The van der Waals surface area contributed by atoms with Crippen molar-refractivity contribution in [2.45, 2.75) is 141 Å². The molecule has 0 amide bonds. The number of hydrogen-bond donors (Lipinski definition) is 0. The van der Waals surface area contributed by atoms with E-state index in [4.69, 9.17) is 14.2 Å². The fraction of sp³-hybridized carbons (Fsp3) is 0.962. The van der Waals surface area contributed by atoms with Gasteiger partial charge in [-0.15, -0.1) is 0 Å². The fourth-order valence-electron chi connectivity index (χ4n) is 5.13. The monoisotopic (exact) mass is 422 g/mol. The van der Waals surface area contributed by atoms with E-state index in [9.17, 15) is 4.79 Å². The lowest BCUT2D eigenvalue weighted by Crippen LogP contribution is -2.18. The van der Waals surface area contributed by atoms with Crippen LogP contribution in [0.5, 0.6) is 0 Å². The van der Waals surface area contributed by atoms with Crippen molar-refractivity contribution in [2.75, 3.05) is 6.61 Å². The first kappa shape index (κ1) is 24.0. The summed E-state index contributed by atoms with van der Waals surface area (Å²) in [5.74, 6) is 1.16. The Morgan fingerprint density at radius 3 is 2.40 bits per heavy atom. The molecular formula is C26H46O4. The Balaban J connectivity index is 1.14. The molecule has 0 N–H and O–H groups in total. The molecule has 174 valence electrons. The molecule has 0 spiro atoms. The second-order valence-electron chi connectivity index (χ2n) is 10.3. The second-order valence-corrected chi connectivity index (χ2v) is 10.3. The maximum absolute atomic E-state index is 12.1. The number of carbonyl (C=O) groups excluding carboxylic acids is 1. The van der Waals surface area contributed by atoms with Gasteiger partial charge in [0.2, 0.25) is 0 Å². The van der Waals surface area contributed by atoms with E-state index in [2.05, 4.69) is 13.8 Å². The number of hydrogen-bond acceptors (Lipinski definition) is 4. The predicted octanol–water partition coefficient (Wildman–Crippen LogP) is 6.59. The molecule has 4 nitrogen and oxygen atoms in total. The van der Waals surface area contributed by atoms with Crippen LogP contribution < -0.4 is 0 Å². The van der Waals surface area contributed by atoms with Gasteiger partial charge in [-0.1, -0.05) is 71.6 Å². The highest BCUT2D eigenvalue weighted by Crippen LogP contribution is 2.36. The Morgan fingerprint density at radius 2 is 1.60 bits per heavy atom. The highest BCUT2D eigenvalue weighted by atomic mass is 16.6. The number of esters is 1. The standard InChI is InChI=1S/C26H46O4/c1-3-4-5-6-7-11-14-22-23(29-22)16-15-20(2)17-24-25(30-24)18-26(27)28-19-21-12-9-8-10-13-21/h20-25H,3-19H2,1-2H3. The van der Waals surface area contributed by atoms with Gasteiger partial charge in [0.15, 0.2) is 0 Å². The summed E-state index contributed by atoms with van der Waals surface area (Å²) < 4.78 is 17.1. The fourth-order valence-corrected chi connectivity index (χ4v) is 5.13. The zero-order valence-corrected chi connectivity index (χ0v) is 19.6. The number of rotatable bonds is 16. The minimum atomic E-state index is -0.0651. The van der Waals surface area contributed by atoms with Crippen LogP contribution in [0.3, 0.4) is 0 Å². The molecule has 4 heteroatoms. The summed E-state index contributed by atoms with van der Waals surface area (Å²) in [6, 6.07) is 0. The largest absolute Gasteiger partial charge is 0.465 e. The first-order chi connectivity index (χ1) is 14.7. The lowest BCUT2D eigenvalue weighted by molar-refractivity contribution is -0.145. The number of epoxide rings is 2. The van der Waals surface area contributed by atoms with E-state index in [1.54, 1.807) is 0 Å². The molecule has 2 saturated heterocycles. The summed E-state index contributed by atoms with van der Waals surface area (Å²) in [6.45, 7) is 5.20. The van der Waals surface area contributed by atoms with Crippen molar-refractivity contribution in [1.29, 1.82) is 0 Å². The lowest BCUT2D eigenvalue weighted by atomic mass is 9.90. The van der Waals surface area contributed by atoms with Gasteiger partial charge < -0.3 is 14.2 Å². The molecule has 3 aliphatic rings. The van der Waals surface area contributed by atoms with Gasteiger partial charge in [0.1, 0.15) is 0 Å². The Morgan fingerprint density at radius 1 is 0.900 bits per heavy atom. The average Bonchev–Trinajstić information content (AvgIpc) is 3.66. The summed E-state index contributed by atoms with van der Waals surface area (Å²) in [7, 11) is 0. The molecule has 5 atom stereocenters. The molecule has 0 aromatic rings. The van der Waals surface area contributed by atoms with E-state index in [1.807, 2.05) is 0 Å². The minimum absolute atomic E-state index is 0.0651. The van der Waals surface area contributed by atoms with E-state index in [0.29, 0.717) is 37.1 Å². The van der Waals surface area contributed by atoms with Crippen LogP contribution >= 0.6 is 0 Å². The van der Waals surface area contributed by atoms with Crippen LogP contribution in [-0.2, 0) is 19.0 Å². The van der Waals surface area contributed by atoms with Gasteiger partial charge in [0, 0.05) is 0 Å². The topological polar surface area (TPSA) is 51.4 Å². The first-order valence-corrected chi connectivity index (χ1v) is 13.1. The zero-order valence-electron chi connectivity index (χ0n) is 19.6. The third-order valence-corrected chi connectivity index (χ3v) is 7.37. The summed E-state index contributed by atoms with van der Waals surface area (Å²) >= 11 is 0. The molecule has 0 radical (unpaired) electrons. The number of ether oxygens (including phenoxy) is 3. The van der Waals surface area contributed by atoms with Crippen molar-refractivity contribution >= 4 is 5.97 Å². The van der Waals surface area contributed by atoms with Crippen molar-refractivity contribution in [3.8, 4) is 0 Å². The average molecular weight is 423 g/mol. The molecule has 5 unspecified atom stereocenters. The van der Waals surface area contributed by atoms with E-state index in [1.165, 1.54) is 89.9 Å². The Kier molecular flexibility index (Phi) is 10.5. The van der Waals surface area contributed by atoms with Crippen LogP contribution in [0.2, 0.25) is 0 Å². The predicted molar refractivity (Wildman–Crippen MR) is 120 cm³/mol. The molecule has 1 saturated carbocycles. The van der Waals surface area contributed by atoms with Crippen LogP contribution in [0, 0.1) is 11.8 Å². The van der Waals surface area contributed by atoms with Crippen molar-refractivity contribution in [3.63, 3.8) is 0 Å². The van der Waals surface area contributed by atoms with Gasteiger partial charge in [0.05, 0.1) is 37.4 Å². The van der Waals surface area contributed by atoms with E-state index < -0.39 is 0 Å². The van der Waals surface area contributed by atoms with E-state index in [0.717, 1.165) is 6.42 Å². The maximum atomic E-state index is 12.1. The third kappa shape index (κ3) is 9.26. The van der Waals surface area contributed by atoms with Crippen LogP contribution in [0.1, 0.15) is 117 Å². The normalized spacial score (nSPS) is 29.5. The molecular weight excluding hydrogens is 376 g/mol. The maximum Gasteiger partial charge on any atom is 0.308 e. The summed E-state index contributed by atoms with van der Waals surface area (Å²) in [5.41, 5.74) is 0. The van der Waals surface area contributed by atoms with Crippen molar-refractivity contribution in [3.05, 3.63) is 0 Å². The molecule has 30 heavy (non-hydrogen) atoms. The van der Waals surface area contributed by atoms with Gasteiger partial charge >= 0.3 is 5.97 Å². The third-order valence-electron chi connectivity index (χ3n) is 7.37. The van der Waals surface area contributed by atoms with E-state index >= 15 is 0 Å². The van der Waals surface area contributed by atoms with Gasteiger partial charge in [-0.3, -0.25) is 4.79 Å². The molecule has 1 aliphatic carbocycles. The van der Waals surface area contributed by atoms with Gasteiger partial charge in [-0.05, 0) is 50.4 Å². The summed E-state index contributed by atoms with van der Waals surface area (Å²) in [5, 5.41) is 0. The highest BCUT2D eigenvalue weighted by molar-refractivity contribution is 5.70. The molecule has 3 rings (SSSR count). The van der Waals surface area contributed by atoms with Crippen LogP contribution in [0.25, 0.3) is 0 Å². The van der Waals surface area contributed by atoms with Gasteiger partial charge in [0.25, 0.3) is 0 Å². The molecule has 0 aromatic carbocycles. The first-order valence-electron chi connectivity index (χ1n) is 13.1. The molecule has 3 fully saturated rings. The minimum Gasteiger partial charge on any atom is -0.465 e. The van der Waals surface area contributed by atoms with Crippen molar-refractivity contribution in [2.24, 2.45) is 11.8 Å². The van der Waals surface area contributed by atoms with E-state index in [-0.39, 0.29) is 18.2 Å². The smallest absolute Gasteiger partial charge is 0.308 e.